The van der Waals surface area contributed by atoms with Gasteiger partial charge in [0.05, 0.1) is 12.2 Å². The van der Waals surface area contributed by atoms with E-state index in [1.54, 1.807) is 0 Å². The van der Waals surface area contributed by atoms with Crippen LogP contribution in [0.15, 0.2) is 4.42 Å². The van der Waals surface area contributed by atoms with Gasteiger partial charge in [0.25, 0.3) is 0 Å². The minimum Gasteiger partial charge on any atom is -0.444 e. The maximum atomic E-state index is 5.74. The molecule has 1 saturated carbocycles. The Hall–Kier alpha value is -0.830. The van der Waals surface area contributed by atoms with Gasteiger partial charge in [-0.3, -0.25) is 0 Å². The lowest BCUT2D eigenvalue weighted by Crippen LogP contribution is -2.08. The lowest BCUT2D eigenvalue weighted by atomic mass is 9.85. The second kappa shape index (κ2) is 5.00. The molecule has 0 aromatic carbocycles. The Bertz CT molecular complexity index is 338. The zero-order valence-electron chi connectivity index (χ0n) is 10.3. The highest BCUT2D eigenvalue weighted by atomic mass is 16.4. The third-order valence-electron chi connectivity index (χ3n) is 3.42. The molecule has 1 aliphatic rings. The van der Waals surface area contributed by atoms with Crippen LogP contribution in [0, 0.1) is 0 Å². The minimum atomic E-state index is 0.407. The van der Waals surface area contributed by atoms with Crippen molar-refractivity contribution >= 4 is 0 Å². The monoisotopic (exact) mass is 222 g/mol. The van der Waals surface area contributed by atoms with Gasteiger partial charge in [0.15, 0.2) is 0 Å². The Morgan fingerprint density at radius 2 is 2.00 bits per heavy atom. The summed E-state index contributed by atoms with van der Waals surface area (Å²) >= 11 is 0. The van der Waals surface area contributed by atoms with Gasteiger partial charge in [-0.05, 0) is 12.8 Å². The molecule has 0 spiro atoms. The van der Waals surface area contributed by atoms with Crippen molar-refractivity contribution in [1.82, 2.24) is 4.98 Å². The fourth-order valence-corrected chi connectivity index (χ4v) is 2.56. The lowest BCUT2D eigenvalue weighted by Gasteiger charge is -2.20. The Balaban J connectivity index is 2.26. The molecule has 1 fully saturated rings. The van der Waals surface area contributed by atoms with E-state index in [9.17, 15) is 0 Å². The normalized spacial score (nSPS) is 18.2. The largest absolute Gasteiger partial charge is 0.444 e. The lowest BCUT2D eigenvalue weighted by molar-refractivity contribution is 0.414. The fourth-order valence-electron chi connectivity index (χ4n) is 2.56. The number of hydrogen-bond acceptors (Lipinski definition) is 3. The molecule has 1 aromatic rings. The van der Waals surface area contributed by atoms with Crippen LogP contribution in [0.5, 0.6) is 0 Å². The molecule has 1 aromatic heterocycles. The van der Waals surface area contributed by atoms with E-state index in [1.807, 2.05) is 0 Å². The predicted octanol–water partition coefficient (Wildman–Crippen LogP) is 3.30. The first-order valence-electron chi connectivity index (χ1n) is 6.42. The zero-order chi connectivity index (χ0) is 11.5. The smallest absolute Gasteiger partial charge is 0.208 e. The molecular weight excluding hydrogens is 200 g/mol. The zero-order valence-corrected chi connectivity index (χ0v) is 10.3. The van der Waals surface area contributed by atoms with Gasteiger partial charge in [0, 0.05) is 11.8 Å². The summed E-state index contributed by atoms with van der Waals surface area (Å²) in [5.74, 6) is 2.77. The highest BCUT2D eigenvalue weighted by molar-refractivity contribution is 5.19. The van der Waals surface area contributed by atoms with Crippen LogP contribution in [-0.2, 0) is 6.54 Å². The molecule has 0 radical (unpaired) electrons. The van der Waals surface area contributed by atoms with Gasteiger partial charge in [-0.1, -0.05) is 33.1 Å². The molecule has 90 valence electrons. The molecule has 1 heterocycles. The van der Waals surface area contributed by atoms with E-state index in [1.165, 1.54) is 37.8 Å². The Morgan fingerprint density at radius 3 is 2.56 bits per heavy atom. The van der Waals surface area contributed by atoms with Crippen molar-refractivity contribution in [3.8, 4) is 0 Å². The van der Waals surface area contributed by atoms with E-state index < -0.39 is 0 Å². The first-order chi connectivity index (χ1) is 7.72. The molecule has 0 unspecified atom stereocenters. The molecule has 0 amide bonds. The molecule has 2 rings (SSSR count). The number of nitrogens with zero attached hydrogens (tertiary/aromatic N) is 1. The quantitative estimate of drug-likeness (QED) is 0.853. The molecular formula is C13H22N2O. The van der Waals surface area contributed by atoms with Crippen molar-refractivity contribution in [2.45, 2.75) is 64.3 Å². The summed E-state index contributed by atoms with van der Waals surface area (Å²) in [7, 11) is 0. The average Bonchev–Trinajstić information content (AvgIpc) is 2.74. The molecule has 3 heteroatoms. The number of oxazole rings is 1. The van der Waals surface area contributed by atoms with Gasteiger partial charge in [0.2, 0.25) is 5.89 Å². The SMILES string of the molecule is CC(C)c1oc(CN)nc1C1CCCCC1. The third kappa shape index (κ3) is 2.29. The van der Waals surface area contributed by atoms with Crippen molar-refractivity contribution in [1.29, 1.82) is 0 Å². The molecule has 0 aliphatic heterocycles. The number of rotatable bonds is 3. The summed E-state index contributed by atoms with van der Waals surface area (Å²) in [6.07, 6.45) is 6.54. The second-order valence-corrected chi connectivity index (χ2v) is 5.05. The van der Waals surface area contributed by atoms with Gasteiger partial charge >= 0.3 is 0 Å². The van der Waals surface area contributed by atoms with Crippen molar-refractivity contribution in [3.63, 3.8) is 0 Å². The molecule has 3 nitrogen and oxygen atoms in total. The van der Waals surface area contributed by atoms with Crippen LogP contribution in [-0.4, -0.2) is 4.98 Å². The Morgan fingerprint density at radius 1 is 1.31 bits per heavy atom. The van der Waals surface area contributed by atoms with Crippen molar-refractivity contribution in [3.05, 3.63) is 17.3 Å². The standard InChI is InChI=1S/C13H22N2O/c1-9(2)13-12(15-11(8-14)16-13)10-6-4-3-5-7-10/h9-10H,3-8,14H2,1-2H3. The topological polar surface area (TPSA) is 52.0 Å². The number of aromatic nitrogens is 1. The number of hydrogen-bond donors (Lipinski definition) is 1. The van der Waals surface area contributed by atoms with Crippen molar-refractivity contribution < 1.29 is 4.42 Å². The van der Waals surface area contributed by atoms with Gasteiger partial charge in [0.1, 0.15) is 5.76 Å². The van der Waals surface area contributed by atoms with E-state index in [0.717, 1.165) is 5.76 Å². The fraction of sp³-hybridized carbons (Fsp3) is 0.769. The molecule has 2 N–H and O–H groups in total. The van der Waals surface area contributed by atoms with E-state index in [4.69, 9.17) is 10.2 Å². The molecule has 16 heavy (non-hydrogen) atoms. The minimum absolute atomic E-state index is 0.407. The highest BCUT2D eigenvalue weighted by Crippen LogP contribution is 2.36. The summed E-state index contributed by atoms with van der Waals surface area (Å²) in [5, 5.41) is 0. The summed E-state index contributed by atoms with van der Waals surface area (Å²) in [4.78, 5) is 4.58. The Labute approximate surface area is 97.4 Å². The first kappa shape index (κ1) is 11.6. The van der Waals surface area contributed by atoms with Gasteiger partial charge in [-0.2, -0.15) is 0 Å². The van der Waals surface area contributed by atoms with E-state index in [2.05, 4.69) is 18.8 Å². The van der Waals surface area contributed by atoms with Crippen LogP contribution in [0.3, 0.4) is 0 Å². The summed E-state index contributed by atoms with van der Waals surface area (Å²) in [6.45, 7) is 4.73. The van der Waals surface area contributed by atoms with Gasteiger partial charge in [-0.25, -0.2) is 4.98 Å². The van der Waals surface area contributed by atoms with Crippen LogP contribution in [0.1, 0.15) is 75.1 Å². The van der Waals surface area contributed by atoms with E-state index in [-0.39, 0.29) is 0 Å². The molecule has 0 bridgehead atoms. The van der Waals surface area contributed by atoms with E-state index in [0.29, 0.717) is 24.3 Å². The molecule has 0 saturated heterocycles. The van der Waals surface area contributed by atoms with Crippen LogP contribution < -0.4 is 5.73 Å². The summed E-state index contributed by atoms with van der Waals surface area (Å²) < 4.78 is 5.74. The molecule has 1 aliphatic carbocycles. The van der Waals surface area contributed by atoms with Gasteiger partial charge in [-0.15, -0.1) is 0 Å². The average molecular weight is 222 g/mol. The van der Waals surface area contributed by atoms with Crippen LogP contribution in [0.4, 0.5) is 0 Å². The van der Waals surface area contributed by atoms with Crippen molar-refractivity contribution in [2.24, 2.45) is 5.73 Å². The third-order valence-corrected chi connectivity index (χ3v) is 3.42. The Kier molecular flexibility index (Phi) is 3.64. The van der Waals surface area contributed by atoms with Crippen LogP contribution >= 0.6 is 0 Å². The second-order valence-electron chi connectivity index (χ2n) is 5.05. The summed E-state index contributed by atoms with van der Waals surface area (Å²) in [5.41, 5.74) is 6.80. The maximum Gasteiger partial charge on any atom is 0.208 e. The van der Waals surface area contributed by atoms with Crippen molar-refractivity contribution in [2.75, 3.05) is 0 Å². The number of nitrogens with two attached hydrogens (primary N) is 1. The summed E-state index contributed by atoms with van der Waals surface area (Å²) in [6, 6.07) is 0. The first-order valence-corrected chi connectivity index (χ1v) is 6.42. The van der Waals surface area contributed by atoms with E-state index >= 15 is 0 Å². The maximum absolute atomic E-state index is 5.74. The highest BCUT2D eigenvalue weighted by Gasteiger charge is 2.24. The predicted molar refractivity (Wildman–Crippen MR) is 64.3 cm³/mol. The van der Waals surface area contributed by atoms with Crippen LogP contribution in [0.25, 0.3) is 0 Å². The van der Waals surface area contributed by atoms with Crippen LogP contribution in [0.2, 0.25) is 0 Å². The van der Waals surface area contributed by atoms with Gasteiger partial charge < -0.3 is 10.2 Å². The molecule has 0 atom stereocenters.